The van der Waals surface area contributed by atoms with Gasteiger partial charge >= 0.3 is 6.18 Å². The zero-order valence-electron chi connectivity index (χ0n) is 21.0. The van der Waals surface area contributed by atoms with Crippen molar-refractivity contribution >= 4 is 19.8 Å². The van der Waals surface area contributed by atoms with Crippen molar-refractivity contribution in [1.29, 1.82) is 0 Å². The van der Waals surface area contributed by atoms with Gasteiger partial charge in [0.1, 0.15) is 5.82 Å². The third kappa shape index (κ3) is 5.75. The molecule has 0 radical (unpaired) electrons. The molecule has 3 aromatic rings. The SMILES string of the molecule is CC(C)(CNc1nc(=O)c(-c2ccccc2F)c2cc(C(F)(F)F)ccn12)O[Si](C)(C)C(C)(C)C. The molecule has 0 saturated heterocycles. The largest absolute Gasteiger partial charge is 0.416 e. The van der Waals surface area contributed by atoms with Gasteiger partial charge in [-0.2, -0.15) is 18.2 Å². The van der Waals surface area contributed by atoms with E-state index in [2.05, 4.69) is 44.2 Å². The second-order valence-electron chi connectivity index (χ2n) is 10.7. The minimum Gasteiger partial charge on any atom is -0.410 e. The van der Waals surface area contributed by atoms with Crippen LogP contribution in [0.2, 0.25) is 18.1 Å². The molecule has 0 saturated carbocycles. The predicted octanol–water partition coefficient (Wildman–Crippen LogP) is 6.73. The molecule has 3 rings (SSSR count). The van der Waals surface area contributed by atoms with Gasteiger partial charge in [-0.3, -0.25) is 9.20 Å². The van der Waals surface area contributed by atoms with Crippen LogP contribution >= 0.6 is 0 Å². The molecule has 0 aliphatic carbocycles. The fraction of sp³-hybridized carbons (Fsp3) is 0.440. The summed E-state index contributed by atoms with van der Waals surface area (Å²) in [4.78, 5) is 17.1. The molecule has 0 bridgehead atoms. The van der Waals surface area contributed by atoms with E-state index in [0.29, 0.717) is 0 Å². The molecule has 190 valence electrons. The molecular weight excluding hydrogens is 478 g/mol. The number of aromatic nitrogens is 2. The summed E-state index contributed by atoms with van der Waals surface area (Å²) in [6.45, 7) is 14.7. The Morgan fingerprint density at radius 3 is 2.26 bits per heavy atom. The van der Waals surface area contributed by atoms with E-state index in [4.69, 9.17) is 4.43 Å². The van der Waals surface area contributed by atoms with Crippen LogP contribution in [0.25, 0.3) is 16.6 Å². The van der Waals surface area contributed by atoms with Crippen molar-refractivity contribution in [3.05, 3.63) is 64.3 Å². The zero-order valence-corrected chi connectivity index (χ0v) is 22.0. The van der Waals surface area contributed by atoms with Crippen LogP contribution in [0.5, 0.6) is 0 Å². The summed E-state index contributed by atoms with van der Waals surface area (Å²) in [7, 11) is -2.13. The summed E-state index contributed by atoms with van der Waals surface area (Å²) in [5, 5.41) is 3.04. The van der Waals surface area contributed by atoms with Crippen molar-refractivity contribution < 1.29 is 22.0 Å². The summed E-state index contributed by atoms with van der Waals surface area (Å²) in [5.74, 6) is -0.680. The number of hydrogen-bond donors (Lipinski definition) is 1. The minimum atomic E-state index is -4.64. The Morgan fingerprint density at radius 2 is 1.69 bits per heavy atom. The topological polar surface area (TPSA) is 55.6 Å². The maximum absolute atomic E-state index is 14.5. The molecule has 0 aliphatic heterocycles. The molecule has 0 unspecified atom stereocenters. The van der Waals surface area contributed by atoms with Crippen molar-refractivity contribution in [2.75, 3.05) is 11.9 Å². The highest BCUT2D eigenvalue weighted by molar-refractivity contribution is 6.74. The quantitative estimate of drug-likeness (QED) is 0.296. The standard InChI is InChI=1S/C25H31F4N3O2Si/c1-23(2,3)35(6,7)34-24(4,5)15-30-22-31-21(33)20(17-10-8-9-11-18(17)26)19-14-16(25(27,28)29)12-13-32(19)22/h8-14H,15H2,1-7H3,(H,30,31,33). The number of nitrogens with zero attached hydrogens (tertiary/aromatic N) is 2. The molecule has 1 N–H and O–H groups in total. The molecule has 2 heterocycles. The smallest absolute Gasteiger partial charge is 0.410 e. The van der Waals surface area contributed by atoms with Crippen LogP contribution in [0, 0.1) is 5.82 Å². The van der Waals surface area contributed by atoms with Crippen LogP contribution < -0.4 is 10.9 Å². The third-order valence-corrected chi connectivity index (χ3v) is 11.0. The Bertz CT molecular complexity index is 1290. The van der Waals surface area contributed by atoms with Crippen molar-refractivity contribution in [1.82, 2.24) is 9.38 Å². The summed E-state index contributed by atoms with van der Waals surface area (Å²) >= 11 is 0. The van der Waals surface area contributed by atoms with Crippen molar-refractivity contribution in [3.8, 4) is 11.1 Å². The second-order valence-corrected chi connectivity index (χ2v) is 15.5. The number of anilines is 1. The maximum Gasteiger partial charge on any atom is 0.416 e. The van der Waals surface area contributed by atoms with Gasteiger partial charge in [0.2, 0.25) is 5.95 Å². The lowest BCUT2D eigenvalue weighted by Gasteiger charge is -2.42. The van der Waals surface area contributed by atoms with Crippen LogP contribution in [0.3, 0.4) is 0 Å². The summed E-state index contributed by atoms with van der Waals surface area (Å²) < 4.78 is 62.8. The highest BCUT2D eigenvalue weighted by Gasteiger charge is 2.41. The molecule has 2 aromatic heterocycles. The van der Waals surface area contributed by atoms with Crippen LogP contribution in [0.4, 0.5) is 23.5 Å². The number of rotatable bonds is 6. The van der Waals surface area contributed by atoms with Crippen LogP contribution in [-0.4, -0.2) is 29.8 Å². The summed E-state index contributed by atoms with van der Waals surface area (Å²) in [6.07, 6.45) is -3.46. The average molecular weight is 510 g/mol. The second kappa shape index (κ2) is 9.05. The molecule has 0 amide bonds. The molecule has 0 atom stereocenters. The Hall–Kier alpha value is -2.72. The van der Waals surface area contributed by atoms with Crippen LogP contribution in [0.1, 0.15) is 40.2 Å². The normalized spacial score (nSPS) is 13.3. The number of benzene rings is 1. The number of alkyl halides is 3. The maximum atomic E-state index is 14.5. The Labute approximate surface area is 203 Å². The van der Waals surface area contributed by atoms with Gasteiger partial charge in [-0.25, -0.2) is 4.39 Å². The van der Waals surface area contributed by atoms with E-state index in [1.54, 1.807) is 0 Å². The van der Waals surface area contributed by atoms with Crippen molar-refractivity contribution in [2.24, 2.45) is 0 Å². The van der Waals surface area contributed by atoms with E-state index < -0.39 is 37.0 Å². The fourth-order valence-electron chi connectivity index (χ4n) is 3.58. The monoisotopic (exact) mass is 509 g/mol. The van der Waals surface area contributed by atoms with Crippen molar-refractivity contribution in [2.45, 2.75) is 64.5 Å². The highest BCUT2D eigenvalue weighted by atomic mass is 28.4. The molecule has 1 aromatic carbocycles. The van der Waals surface area contributed by atoms with Crippen molar-refractivity contribution in [3.63, 3.8) is 0 Å². The Kier molecular flexibility index (Phi) is 6.95. The van der Waals surface area contributed by atoms with Gasteiger partial charge in [-0.05, 0) is 50.2 Å². The first-order chi connectivity index (χ1) is 15.9. The highest BCUT2D eigenvalue weighted by Crippen LogP contribution is 2.39. The third-order valence-electron chi connectivity index (χ3n) is 6.34. The van der Waals surface area contributed by atoms with Gasteiger partial charge in [0.15, 0.2) is 8.32 Å². The minimum absolute atomic E-state index is 0.0262. The van der Waals surface area contributed by atoms with E-state index in [1.807, 2.05) is 13.8 Å². The lowest BCUT2D eigenvalue weighted by atomic mass is 10.0. The fourth-order valence-corrected chi connectivity index (χ4v) is 5.34. The molecule has 5 nitrogen and oxygen atoms in total. The average Bonchev–Trinajstić information content (AvgIpc) is 2.70. The van der Waals surface area contributed by atoms with Crippen LogP contribution in [-0.2, 0) is 10.6 Å². The number of fused-ring (bicyclic) bond motifs is 1. The van der Waals surface area contributed by atoms with E-state index >= 15 is 0 Å². The first-order valence-electron chi connectivity index (χ1n) is 11.3. The zero-order chi connectivity index (χ0) is 26.4. The number of nitrogens with one attached hydrogen (secondary N) is 1. The number of halogens is 4. The Balaban J connectivity index is 2.11. The number of pyridine rings is 1. The van der Waals surface area contributed by atoms with Gasteiger partial charge in [0, 0.05) is 18.3 Å². The van der Waals surface area contributed by atoms with E-state index in [9.17, 15) is 22.4 Å². The van der Waals surface area contributed by atoms with Gasteiger partial charge in [-0.15, -0.1) is 0 Å². The van der Waals surface area contributed by atoms with E-state index in [-0.39, 0.29) is 34.2 Å². The molecule has 10 heteroatoms. The van der Waals surface area contributed by atoms with Gasteiger partial charge in [0.25, 0.3) is 5.56 Å². The summed E-state index contributed by atoms with van der Waals surface area (Å²) in [5.41, 5.74) is -2.90. The molecule has 0 spiro atoms. The van der Waals surface area contributed by atoms with Gasteiger partial charge < -0.3 is 9.74 Å². The predicted molar refractivity (Wildman–Crippen MR) is 133 cm³/mol. The van der Waals surface area contributed by atoms with Crippen LogP contribution in [0.15, 0.2) is 47.4 Å². The molecule has 35 heavy (non-hydrogen) atoms. The molecular formula is C25H31F4N3O2Si. The van der Waals surface area contributed by atoms with Gasteiger partial charge in [0.05, 0.1) is 22.2 Å². The van der Waals surface area contributed by atoms with Gasteiger partial charge in [-0.1, -0.05) is 39.0 Å². The number of hydrogen-bond acceptors (Lipinski definition) is 4. The Morgan fingerprint density at radius 1 is 1.06 bits per heavy atom. The van der Waals surface area contributed by atoms with E-state index in [0.717, 1.165) is 18.2 Å². The lowest BCUT2D eigenvalue weighted by Crippen LogP contribution is -2.50. The molecule has 0 fully saturated rings. The summed E-state index contributed by atoms with van der Waals surface area (Å²) in [6, 6.07) is 7.17. The lowest BCUT2D eigenvalue weighted by molar-refractivity contribution is -0.137. The molecule has 0 aliphatic rings. The first-order valence-corrected chi connectivity index (χ1v) is 14.2. The van der Waals surface area contributed by atoms with E-state index in [1.165, 1.54) is 28.8 Å². The first kappa shape index (κ1) is 26.9.